The molecule has 1 aliphatic carbocycles. The third-order valence-corrected chi connectivity index (χ3v) is 4.06. The molecule has 1 saturated carbocycles. The summed E-state index contributed by atoms with van der Waals surface area (Å²) in [6, 6.07) is 0. The number of guanidine groups is 1. The van der Waals surface area contributed by atoms with Gasteiger partial charge in [0.05, 0.1) is 12.1 Å². The SMILES string of the molecule is CCC1CCCC12CN=C(N)N2CC. The first-order chi connectivity index (χ1) is 6.74. The lowest BCUT2D eigenvalue weighted by Gasteiger charge is -2.40. The predicted molar refractivity (Wildman–Crippen MR) is 59.2 cm³/mol. The fourth-order valence-electron chi connectivity index (χ4n) is 3.37. The molecule has 14 heavy (non-hydrogen) atoms. The van der Waals surface area contributed by atoms with Gasteiger partial charge in [-0.05, 0) is 25.7 Å². The van der Waals surface area contributed by atoms with Crippen molar-refractivity contribution in [2.45, 2.75) is 45.1 Å². The second-order valence-corrected chi connectivity index (χ2v) is 4.52. The summed E-state index contributed by atoms with van der Waals surface area (Å²) in [6.07, 6.45) is 5.25. The van der Waals surface area contributed by atoms with E-state index in [9.17, 15) is 0 Å². The maximum absolute atomic E-state index is 5.94. The maximum Gasteiger partial charge on any atom is 0.191 e. The quantitative estimate of drug-likeness (QED) is 0.727. The molecule has 0 radical (unpaired) electrons. The molecule has 3 nitrogen and oxygen atoms in total. The van der Waals surface area contributed by atoms with Crippen molar-refractivity contribution >= 4 is 5.96 Å². The average molecular weight is 195 g/mol. The highest BCUT2D eigenvalue weighted by Crippen LogP contribution is 2.44. The molecule has 2 aliphatic rings. The van der Waals surface area contributed by atoms with Crippen molar-refractivity contribution in [3.05, 3.63) is 0 Å². The van der Waals surface area contributed by atoms with E-state index < -0.39 is 0 Å². The number of hydrogen-bond donors (Lipinski definition) is 1. The van der Waals surface area contributed by atoms with Crippen LogP contribution in [0.25, 0.3) is 0 Å². The molecule has 0 amide bonds. The Labute approximate surface area is 86.4 Å². The zero-order valence-corrected chi connectivity index (χ0v) is 9.29. The highest BCUT2D eigenvalue weighted by molar-refractivity contribution is 5.81. The van der Waals surface area contributed by atoms with Crippen LogP contribution in [0, 0.1) is 5.92 Å². The van der Waals surface area contributed by atoms with Gasteiger partial charge in [0.15, 0.2) is 5.96 Å². The van der Waals surface area contributed by atoms with Gasteiger partial charge in [-0.25, -0.2) is 0 Å². The molecule has 2 N–H and O–H groups in total. The fraction of sp³-hybridized carbons (Fsp3) is 0.909. The monoisotopic (exact) mass is 195 g/mol. The number of nitrogens with zero attached hydrogens (tertiary/aromatic N) is 2. The van der Waals surface area contributed by atoms with Crippen molar-refractivity contribution in [2.24, 2.45) is 16.6 Å². The van der Waals surface area contributed by atoms with Gasteiger partial charge < -0.3 is 10.6 Å². The molecule has 3 heteroatoms. The number of aliphatic imine (C=N–C) groups is 1. The van der Waals surface area contributed by atoms with E-state index in [0.717, 1.165) is 25.0 Å². The molecule has 80 valence electrons. The molecule has 2 unspecified atom stereocenters. The molecule has 2 atom stereocenters. The average Bonchev–Trinajstić information content (AvgIpc) is 2.73. The van der Waals surface area contributed by atoms with Gasteiger partial charge in [-0.15, -0.1) is 0 Å². The number of nitrogens with two attached hydrogens (primary N) is 1. The maximum atomic E-state index is 5.94. The van der Waals surface area contributed by atoms with Gasteiger partial charge in [-0.2, -0.15) is 0 Å². The summed E-state index contributed by atoms with van der Waals surface area (Å²) in [5, 5.41) is 0. The molecule has 0 aromatic carbocycles. The van der Waals surface area contributed by atoms with E-state index in [0.29, 0.717) is 5.54 Å². The highest BCUT2D eigenvalue weighted by Gasteiger charge is 2.49. The minimum absolute atomic E-state index is 0.299. The molecular formula is C11H21N3. The summed E-state index contributed by atoms with van der Waals surface area (Å²) in [5.74, 6) is 1.57. The van der Waals surface area contributed by atoms with Gasteiger partial charge in [-0.1, -0.05) is 19.8 Å². The third-order valence-electron chi connectivity index (χ3n) is 4.06. The molecule has 0 aromatic rings. The van der Waals surface area contributed by atoms with Gasteiger partial charge in [0.25, 0.3) is 0 Å². The minimum Gasteiger partial charge on any atom is -0.370 e. The third kappa shape index (κ3) is 1.14. The van der Waals surface area contributed by atoms with Crippen LogP contribution in [0.4, 0.5) is 0 Å². The van der Waals surface area contributed by atoms with E-state index in [2.05, 4.69) is 23.7 Å². The first-order valence-corrected chi connectivity index (χ1v) is 5.82. The van der Waals surface area contributed by atoms with E-state index in [-0.39, 0.29) is 0 Å². The number of hydrogen-bond acceptors (Lipinski definition) is 3. The minimum atomic E-state index is 0.299. The fourth-order valence-corrected chi connectivity index (χ4v) is 3.37. The molecule has 1 fully saturated rings. The molecule has 0 saturated heterocycles. The molecular weight excluding hydrogens is 174 g/mol. The summed E-state index contributed by atoms with van der Waals surface area (Å²) < 4.78 is 0. The standard InChI is InChI=1S/C11H21N3/c1-3-9-6-5-7-11(9)8-13-10(12)14(11)4-2/h9H,3-8H2,1-2H3,(H2,12,13). The van der Waals surface area contributed by atoms with Crippen LogP contribution in [0.5, 0.6) is 0 Å². The molecule has 1 heterocycles. The van der Waals surface area contributed by atoms with Crippen LogP contribution in [0.3, 0.4) is 0 Å². The van der Waals surface area contributed by atoms with Crippen molar-refractivity contribution in [1.29, 1.82) is 0 Å². The lowest BCUT2D eigenvalue weighted by Crippen LogP contribution is -2.53. The van der Waals surface area contributed by atoms with Crippen molar-refractivity contribution in [1.82, 2.24) is 4.90 Å². The summed E-state index contributed by atoms with van der Waals surface area (Å²) in [4.78, 5) is 6.78. The molecule has 0 aromatic heterocycles. The van der Waals surface area contributed by atoms with Gasteiger partial charge >= 0.3 is 0 Å². The van der Waals surface area contributed by atoms with E-state index >= 15 is 0 Å². The second-order valence-electron chi connectivity index (χ2n) is 4.52. The first-order valence-electron chi connectivity index (χ1n) is 5.82. The van der Waals surface area contributed by atoms with Gasteiger partial charge in [0.2, 0.25) is 0 Å². The van der Waals surface area contributed by atoms with Crippen molar-refractivity contribution in [3.63, 3.8) is 0 Å². The Morgan fingerprint density at radius 3 is 3.00 bits per heavy atom. The summed E-state index contributed by atoms with van der Waals surface area (Å²) in [7, 11) is 0. The Bertz CT molecular complexity index is 249. The largest absolute Gasteiger partial charge is 0.370 e. The topological polar surface area (TPSA) is 41.6 Å². The number of rotatable bonds is 2. The zero-order valence-electron chi connectivity index (χ0n) is 9.29. The van der Waals surface area contributed by atoms with Crippen LogP contribution in [0.2, 0.25) is 0 Å². The van der Waals surface area contributed by atoms with Crippen LogP contribution in [-0.2, 0) is 0 Å². The van der Waals surface area contributed by atoms with Gasteiger partial charge in [0.1, 0.15) is 0 Å². The summed E-state index contributed by atoms with van der Waals surface area (Å²) in [6.45, 7) is 6.41. The van der Waals surface area contributed by atoms with Crippen LogP contribution in [0.1, 0.15) is 39.5 Å². The van der Waals surface area contributed by atoms with E-state index in [1.807, 2.05) is 0 Å². The van der Waals surface area contributed by atoms with E-state index in [1.54, 1.807) is 0 Å². The smallest absolute Gasteiger partial charge is 0.191 e. The molecule has 1 aliphatic heterocycles. The Morgan fingerprint density at radius 2 is 2.36 bits per heavy atom. The number of likely N-dealkylation sites (N-methyl/N-ethyl adjacent to an activating group) is 1. The van der Waals surface area contributed by atoms with Crippen molar-refractivity contribution < 1.29 is 0 Å². The van der Waals surface area contributed by atoms with Crippen molar-refractivity contribution in [2.75, 3.05) is 13.1 Å². The summed E-state index contributed by atoms with van der Waals surface area (Å²) in [5.41, 5.74) is 6.24. The Balaban J connectivity index is 2.23. The lowest BCUT2D eigenvalue weighted by atomic mass is 9.84. The van der Waals surface area contributed by atoms with Crippen molar-refractivity contribution in [3.8, 4) is 0 Å². The Kier molecular flexibility index (Phi) is 2.41. The van der Waals surface area contributed by atoms with E-state index in [1.165, 1.54) is 25.7 Å². The lowest BCUT2D eigenvalue weighted by molar-refractivity contribution is 0.148. The summed E-state index contributed by atoms with van der Waals surface area (Å²) >= 11 is 0. The van der Waals surface area contributed by atoms with Crippen LogP contribution in [0.15, 0.2) is 4.99 Å². The van der Waals surface area contributed by atoms with Crippen LogP contribution >= 0.6 is 0 Å². The van der Waals surface area contributed by atoms with Crippen LogP contribution < -0.4 is 5.73 Å². The van der Waals surface area contributed by atoms with E-state index in [4.69, 9.17) is 5.73 Å². The second kappa shape index (κ2) is 3.44. The highest BCUT2D eigenvalue weighted by atomic mass is 15.4. The van der Waals surface area contributed by atoms with Gasteiger partial charge in [-0.3, -0.25) is 4.99 Å². The zero-order chi connectivity index (χ0) is 10.2. The Hall–Kier alpha value is -0.730. The molecule has 0 bridgehead atoms. The normalized spacial score (nSPS) is 36.9. The predicted octanol–water partition coefficient (Wildman–Crippen LogP) is 1.59. The molecule has 1 spiro atoms. The van der Waals surface area contributed by atoms with Gasteiger partial charge in [0, 0.05) is 6.54 Å². The Morgan fingerprint density at radius 1 is 1.57 bits per heavy atom. The molecule has 2 rings (SSSR count). The van der Waals surface area contributed by atoms with Crippen LogP contribution in [-0.4, -0.2) is 29.5 Å². The first kappa shape index (κ1) is 9.81.